The van der Waals surface area contributed by atoms with Gasteiger partial charge in [-0.25, -0.2) is 9.59 Å². The lowest BCUT2D eigenvalue weighted by Crippen LogP contribution is -2.43. The fourth-order valence-corrected chi connectivity index (χ4v) is 3.09. The Balaban J connectivity index is 1.60. The largest absolute Gasteiger partial charge is 0.325 e. The van der Waals surface area contributed by atoms with E-state index in [1.807, 2.05) is 60.7 Å². The quantitative estimate of drug-likeness (QED) is 0.912. The van der Waals surface area contributed by atoms with Crippen molar-refractivity contribution in [2.45, 2.75) is 18.9 Å². The Kier molecular flexibility index (Phi) is 3.15. The molecule has 2 unspecified atom stereocenters. The van der Waals surface area contributed by atoms with Crippen molar-refractivity contribution in [2.75, 3.05) is 4.90 Å². The number of carbonyl (C=O) groups excluding carboxylic acids is 2. The minimum atomic E-state index is -0.402. The zero-order valence-electron chi connectivity index (χ0n) is 12.3. The summed E-state index contributed by atoms with van der Waals surface area (Å²) in [5.41, 5.74) is 1.79. The van der Waals surface area contributed by atoms with Gasteiger partial charge in [0, 0.05) is 12.2 Å². The molecule has 6 heteroatoms. The summed E-state index contributed by atoms with van der Waals surface area (Å²) in [7, 11) is 0. The fourth-order valence-electron chi connectivity index (χ4n) is 3.09. The number of anilines is 1. The Morgan fingerprint density at radius 3 is 2.09 bits per heavy atom. The van der Waals surface area contributed by atoms with E-state index in [1.165, 1.54) is 0 Å². The second kappa shape index (κ2) is 5.31. The predicted molar refractivity (Wildman–Crippen MR) is 85.5 cm³/mol. The molecule has 6 nitrogen and oxygen atoms in total. The summed E-state index contributed by atoms with van der Waals surface area (Å²) >= 11 is 0. The lowest BCUT2D eigenvalue weighted by Gasteiger charge is -2.22. The Hall–Kier alpha value is -3.02. The maximum Gasteiger partial charge on any atom is 0.325 e. The van der Waals surface area contributed by atoms with Crippen LogP contribution in [0.25, 0.3) is 0 Å². The molecule has 2 aromatic rings. The van der Waals surface area contributed by atoms with E-state index in [0.717, 1.165) is 11.3 Å². The molecular formula is C17H16N4O2. The highest BCUT2D eigenvalue weighted by atomic mass is 16.2. The van der Waals surface area contributed by atoms with Gasteiger partial charge in [0.25, 0.3) is 0 Å². The molecule has 0 aliphatic carbocycles. The van der Waals surface area contributed by atoms with Gasteiger partial charge in [-0.15, -0.1) is 0 Å². The number of hydrogen-bond donors (Lipinski definition) is 2. The Labute approximate surface area is 133 Å². The van der Waals surface area contributed by atoms with Crippen molar-refractivity contribution in [2.24, 2.45) is 0 Å². The lowest BCUT2D eigenvalue weighted by molar-refractivity contribution is 0.192. The van der Waals surface area contributed by atoms with E-state index < -0.39 is 6.17 Å². The molecule has 116 valence electrons. The molecule has 2 aliphatic heterocycles. The van der Waals surface area contributed by atoms with E-state index >= 15 is 0 Å². The van der Waals surface area contributed by atoms with Crippen LogP contribution in [0.1, 0.15) is 5.56 Å². The summed E-state index contributed by atoms with van der Waals surface area (Å²) < 4.78 is 0. The first-order valence-electron chi connectivity index (χ1n) is 7.50. The van der Waals surface area contributed by atoms with Crippen LogP contribution in [0, 0.1) is 0 Å². The van der Waals surface area contributed by atoms with Gasteiger partial charge in [0.2, 0.25) is 0 Å². The van der Waals surface area contributed by atoms with Crippen molar-refractivity contribution >= 4 is 17.7 Å². The topological polar surface area (TPSA) is 64.7 Å². The third-order valence-electron chi connectivity index (χ3n) is 4.17. The van der Waals surface area contributed by atoms with Crippen LogP contribution in [0.4, 0.5) is 15.3 Å². The average Bonchev–Trinajstić information content (AvgIpc) is 3.04. The summed E-state index contributed by atoms with van der Waals surface area (Å²) in [6.45, 7) is 0.455. The van der Waals surface area contributed by atoms with Gasteiger partial charge in [0.05, 0.1) is 0 Å². The third-order valence-corrected chi connectivity index (χ3v) is 4.17. The number of nitrogens with one attached hydrogen (secondary N) is 2. The van der Waals surface area contributed by atoms with E-state index in [4.69, 9.17) is 0 Å². The number of hydrogen-bond acceptors (Lipinski definition) is 2. The average molecular weight is 308 g/mol. The van der Waals surface area contributed by atoms with Crippen LogP contribution in [0.2, 0.25) is 0 Å². The van der Waals surface area contributed by atoms with E-state index in [9.17, 15) is 9.59 Å². The number of carbonyl (C=O) groups is 2. The van der Waals surface area contributed by atoms with Gasteiger partial charge in [-0.3, -0.25) is 9.80 Å². The van der Waals surface area contributed by atoms with E-state index in [-0.39, 0.29) is 18.2 Å². The molecule has 2 fully saturated rings. The van der Waals surface area contributed by atoms with Crippen LogP contribution in [0.3, 0.4) is 0 Å². The molecule has 2 heterocycles. The molecule has 2 aliphatic rings. The molecule has 2 atom stereocenters. The smallest absolute Gasteiger partial charge is 0.313 e. The monoisotopic (exact) mass is 308 g/mol. The van der Waals surface area contributed by atoms with Crippen molar-refractivity contribution in [1.29, 1.82) is 0 Å². The number of fused-ring (bicyclic) bond motifs is 1. The van der Waals surface area contributed by atoms with Gasteiger partial charge >= 0.3 is 12.1 Å². The Morgan fingerprint density at radius 2 is 1.39 bits per heavy atom. The van der Waals surface area contributed by atoms with Crippen molar-refractivity contribution in [3.8, 4) is 0 Å². The second-order valence-electron chi connectivity index (χ2n) is 5.61. The number of para-hydroxylation sites is 1. The molecule has 2 N–H and O–H groups in total. The number of nitrogens with zero attached hydrogens (tertiary/aromatic N) is 2. The molecular weight excluding hydrogens is 292 g/mol. The SMILES string of the molecule is O=C1NC2C(NC(=O)N2c2ccccc2)N1Cc1ccccc1. The van der Waals surface area contributed by atoms with Gasteiger partial charge in [-0.2, -0.15) is 0 Å². The highest BCUT2D eigenvalue weighted by Gasteiger charge is 2.50. The minimum Gasteiger partial charge on any atom is -0.313 e. The summed E-state index contributed by atoms with van der Waals surface area (Å²) in [5.74, 6) is 0. The van der Waals surface area contributed by atoms with Crippen LogP contribution in [-0.4, -0.2) is 29.3 Å². The summed E-state index contributed by atoms with van der Waals surface area (Å²) in [6, 6.07) is 18.7. The molecule has 23 heavy (non-hydrogen) atoms. The maximum absolute atomic E-state index is 12.3. The van der Waals surface area contributed by atoms with Crippen molar-refractivity contribution in [3.05, 3.63) is 66.2 Å². The van der Waals surface area contributed by atoms with E-state index in [2.05, 4.69) is 10.6 Å². The first-order valence-corrected chi connectivity index (χ1v) is 7.50. The van der Waals surface area contributed by atoms with E-state index in [0.29, 0.717) is 6.54 Å². The third kappa shape index (κ3) is 2.28. The van der Waals surface area contributed by atoms with Crippen molar-refractivity contribution in [1.82, 2.24) is 15.5 Å². The molecule has 0 spiro atoms. The predicted octanol–water partition coefficient (Wildman–Crippen LogP) is 2.09. The Bertz CT molecular complexity index is 735. The molecule has 2 aromatic carbocycles. The summed E-state index contributed by atoms with van der Waals surface area (Å²) in [4.78, 5) is 27.9. The first-order chi connectivity index (χ1) is 11.2. The molecule has 4 amide bonds. The highest BCUT2D eigenvalue weighted by Crippen LogP contribution is 2.28. The zero-order chi connectivity index (χ0) is 15.8. The molecule has 4 rings (SSSR count). The van der Waals surface area contributed by atoms with Crippen molar-refractivity contribution in [3.63, 3.8) is 0 Å². The van der Waals surface area contributed by atoms with Gasteiger partial charge in [-0.05, 0) is 17.7 Å². The Morgan fingerprint density at radius 1 is 0.783 bits per heavy atom. The van der Waals surface area contributed by atoms with Gasteiger partial charge in [-0.1, -0.05) is 48.5 Å². The number of benzene rings is 2. The second-order valence-corrected chi connectivity index (χ2v) is 5.61. The lowest BCUT2D eigenvalue weighted by atomic mass is 10.2. The standard InChI is InChI=1S/C17H16N4O2/c22-16-19-15-14(20(16)11-12-7-3-1-4-8-12)18-17(23)21(15)13-9-5-2-6-10-13/h1-10,14-15H,11H2,(H,18,23)(H,19,22). The molecule has 2 saturated heterocycles. The summed E-state index contributed by atoms with van der Waals surface area (Å²) in [5, 5.41) is 5.79. The van der Waals surface area contributed by atoms with Gasteiger partial charge in [0.15, 0.2) is 6.17 Å². The minimum absolute atomic E-state index is 0.176. The number of rotatable bonds is 3. The molecule has 0 aromatic heterocycles. The molecule has 0 radical (unpaired) electrons. The van der Waals surface area contributed by atoms with Gasteiger partial charge in [0.1, 0.15) is 6.17 Å². The highest BCUT2D eigenvalue weighted by molar-refractivity contribution is 5.98. The van der Waals surface area contributed by atoms with Gasteiger partial charge < -0.3 is 10.6 Å². The van der Waals surface area contributed by atoms with E-state index in [1.54, 1.807) is 9.80 Å². The number of amides is 4. The van der Waals surface area contributed by atoms with Crippen LogP contribution < -0.4 is 15.5 Å². The van der Waals surface area contributed by atoms with Crippen LogP contribution in [0.5, 0.6) is 0 Å². The first kappa shape index (κ1) is 13.6. The molecule has 0 saturated carbocycles. The normalized spacial score (nSPS) is 22.8. The number of urea groups is 2. The van der Waals surface area contributed by atoms with Crippen molar-refractivity contribution < 1.29 is 9.59 Å². The molecule has 0 bridgehead atoms. The zero-order valence-corrected chi connectivity index (χ0v) is 12.3. The maximum atomic E-state index is 12.3. The summed E-state index contributed by atoms with van der Waals surface area (Å²) in [6.07, 6.45) is -0.781. The van der Waals surface area contributed by atoms with Crippen LogP contribution in [-0.2, 0) is 6.54 Å². The van der Waals surface area contributed by atoms with Crippen LogP contribution >= 0.6 is 0 Å². The fraction of sp³-hybridized carbons (Fsp3) is 0.176. The van der Waals surface area contributed by atoms with Crippen LogP contribution in [0.15, 0.2) is 60.7 Å².